The van der Waals surface area contributed by atoms with Crippen LogP contribution in [0.3, 0.4) is 0 Å². The lowest BCUT2D eigenvalue weighted by molar-refractivity contribution is 0.946. The zero-order chi connectivity index (χ0) is 11.1. The normalized spacial score (nSPS) is 10.1. The Labute approximate surface area is 84.1 Å². The van der Waals surface area contributed by atoms with E-state index in [4.69, 9.17) is 5.53 Å². The van der Waals surface area contributed by atoms with Crippen LogP contribution in [0.4, 0.5) is 0 Å². The SMILES string of the molecule is [N-]=[N+]=NCCC=Cc1cc(=O)[nH][nH]c1=O. The van der Waals surface area contributed by atoms with E-state index in [1.165, 1.54) is 12.1 Å². The molecule has 0 bridgehead atoms. The summed E-state index contributed by atoms with van der Waals surface area (Å²) in [6, 6.07) is 1.20. The molecule has 1 rings (SSSR count). The van der Waals surface area contributed by atoms with Crippen molar-refractivity contribution in [1.29, 1.82) is 0 Å². The Hall–Kier alpha value is -2.27. The van der Waals surface area contributed by atoms with Crippen molar-refractivity contribution in [2.24, 2.45) is 5.11 Å². The summed E-state index contributed by atoms with van der Waals surface area (Å²) in [6.07, 6.45) is 3.70. The van der Waals surface area contributed by atoms with E-state index in [0.29, 0.717) is 13.0 Å². The molecule has 0 saturated heterocycles. The van der Waals surface area contributed by atoms with Crippen molar-refractivity contribution in [2.75, 3.05) is 6.54 Å². The fourth-order valence-corrected chi connectivity index (χ4v) is 0.944. The maximum atomic E-state index is 11.1. The first-order valence-corrected chi connectivity index (χ1v) is 4.23. The van der Waals surface area contributed by atoms with Crippen molar-refractivity contribution in [3.05, 3.63) is 48.9 Å². The van der Waals surface area contributed by atoms with Gasteiger partial charge in [0.05, 0.1) is 0 Å². The van der Waals surface area contributed by atoms with Crippen LogP contribution < -0.4 is 11.1 Å². The molecule has 1 aromatic rings. The molecule has 0 amide bonds. The standard InChI is InChI=1S/C8H9N5O2/c9-13-10-4-2-1-3-6-5-7(14)11-12-8(6)15/h1,3,5H,2,4H2,(H,11,14)(H,12,15). The quantitative estimate of drug-likeness (QED) is 0.328. The van der Waals surface area contributed by atoms with E-state index in [1.807, 2.05) is 0 Å². The van der Waals surface area contributed by atoms with Gasteiger partial charge in [-0.3, -0.25) is 19.8 Å². The summed E-state index contributed by atoms with van der Waals surface area (Å²) < 4.78 is 0. The summed E-state index contributed by atoms with van der Waals surface area (Å²) in [4.78, 5) is 24.6. The lowest BCUT2D eigenvalue weighted by Gasteiger charge is -1.89. The average molecular weight is 207 g/mol. The van der Waals surface area contributed by atoms with E-state index in [2.05, 4.69) is 20.2 Å². The smallest absolute Gasteiger partial charge is 0.268 e. The minimum absolute atomic E-state index is 0.277. The number of hydrogen-bond donors (Lipinski definition) is 2. The second-order valence-electron chi connectivity index (χ2n) is 2.69. The second kappa shape index (κ2) is 5.46. The number of nitrogens with one attached hydrogen (secondary N) is 2. The third kappa shape index (κ3) is 3.53. The molecular weight excluding hydrogens is 198 g/mol. The van der Waals surface area contributed by atoms with Gasteiger partial charge in [0.25, 0.3) is 11.1 Å². The second-order valence-corrected chi connectivity index (χ2v) is 2.69. The van der Waals surface area contributed by atoms with Gasteiger partial charge >= 0.3 is 0 Å². The minimum atomic E-state index is -0.371. The molecule has 7 heteroatoms. The molecule has 0 aromatic carbocycles. The highest BCUT2D eigenvalue weighted by Crippen LogP contribution is 1.92. The monoisotopic (exact) mass is 207 g/mol. The highest BCUT2D eigenvalue weighted by Gasteiger charge is 1.94. The summed E-state index contributed by atoms with van der Waals surface area (Å²) >= 11 is 0. The van der Waals surface area contributed by atoms with Crippen LogP contribution in [0.5, 0.6) is 0 Å². The number of H-pyrrole nitrogens is 2. The molecule has 1 heterocycles. The Balaban J connectivity index is 2.71. The number of aromatic amines is 2. The first-order valence-electron chi connectivity index (χ1n) is 4.23. The van der Waals surface area contributed by atoms with Crippen molar-refractivity contribution in [3.8, 4) is 0 Å². The molecule has 0 atom stereocenters. The summed E-state index contributed by atoms with van der Waals surface area (Å²) in [7, 11) is 0. The molecule has 78 valence electrons. The van der Waals surface area contributed by atoms with Crippen LogP contribution in [-0.4, -0.2) is 16.7 Å². The van der Waals surface area contributed by atoms with Crippen LogP contribution in [0.15, 0.2) is 26.8 Å². The highest BCUT2D eigenvalue weighted by atomic mass is 16.1. The minimum Gasteiger partial charge on any atom is -0.268 e. The average Bonchev–Trinajstić information content (AvgIpc) is 2.23. The van der Waals surface area contributed by atoms with E-state index in [-0.39, 0.29) is 16.7 Å². The maximum absolute atomic E-state index is 11.1. The number of hydrogen-bond acceptors (Lipinski definition) is 3. The molecule has 0 saturated carbocycles. The molecule has 0 aliphatic rings. The van der Waals surface area contributed by atoms with Crippen LogP contribution in [0.2, 0.25) is 0 Å². The number of nitrogens with zero attached hydrogens (tertiary/aromatic N) is 3. The van der Waals surface area contributed by atoms with E-state index in [1.54, 1.807) is 6.08 Å². The third-order valence-corrected chi connectivity index (χ3v) is 1.60. The topological polar surface area (TPSA) is 114 Å². The molecule has 0 spiro atoms. The largest absolute Gasteiger partial charge is 0.269 e. The Bertz CT molecular complexity index is 506. The molecule has 0 radical (unpaired) electrons. The van der Waals surface area contributed by atoms with E-state index in [0.717, 1.165) is 0 Å². The van der Waals surface area contributed by atoms with Crippen molar-refractivity contribution < 1.29 is 0 Å². The maximum Gasteiger partial charge on any atom is 0.269 e. The van der Waals surface area contributed by atoms with Gasteiger partial charge in [0.1, 0.15) is 0 Å². The van der Waals surface area contributed by atoms with Crippen LogP contribution >= 0.6 is 0 Å². The van der Waals surface area contributed by atoms with Gasteiger partial charge in [0.15, 0.2) is 0 Å². The van der Waals surface area contributed by atoms with E-state index >= 15 is 0 Å². The summed E-state index contributed by atoms with van der Waals surface area (Å²) in [5.74, 6) is 0. The number of aromatic nitrogens is 2. The van der Waals surface area contributed by atoms with Gasteiger partial charge < -0.3 is 0 Å². The summed E-state index contributed by atoms with van der Waals surface area (Å²) in [5, 5.41) is 7.67. The van der Waals surface area contributed by atoms with Crippen LogP contribution in [-0.2, 0) is 0 Å². The fraction of sp³-hybridized carbons (Fsp3) is 0.250. The zero-order valence-electron chi connectivity index (χ0n) is 7.80. The van der Waals surface area contributed by atoms with Crippen LogP contribution in [0, 0.1) is 0 Å². The Morgan fingerprint density at radius 2 is 2.27 bits per heavy atom. The Kier molecular flexibility index (Phi) is 3.93. The number of rotatable bonds is 4. The fourth-order valence-electron chi connectivity index (χ4n) is 0.944. The van der Waals surface area contributed by atoms with Gasteiger partial charge in [-0.2, -0.15) is 0 Å². The van der Waals surface area contributed by atoms with Crippen molar-refractivity contribution in [1.82, 2.24) is 10.2 Å². The van der Waals surface area contributed by atoms with Gasteiger partial charge in [-0.05, 0) is 12.0 Å². The molecule has 1 aromatic heterocycles. The Morgan fingerprint density at radius 1 is 1.47 bits per heavy atom. The van der Waals surface area contributed by atoms with Crippen LogP contribution in [0.25, 0.3) is 16.5 Å². The van der Waals surface area contributed by atoms with Gasteiger partial charge in [-0.1, -0.05) is 17.3 Å². The van der Waals surface area contributed by atoms with Crippen molar-refractivity contribution in [3.63, 3.8) is 0 Å². The molecular formula is C8H9N5O2. The van der Waals surface area contributed by atoms with Crippen molar-refractivity contribution in [2.45, 2.75) is 6.42 Å². The molecule has 0 unspecified atom stereocenters. The van der Waals surface area contributed by atoms with Gasteiger partial charge in [-0.15, -0.1) is 0 Å². The lowest BCUT2D eigenvalue weighted by Crippen LogP contribution is -2.19. The van der Waals surface area contributed by atoms with Gasteiger partial charge in [0.2, 0.25) is 0 Å². The molecule has 2 N–H and O–H groups in total. The van der Waals surface area contributed by atoms with Crippen molar-refractivity contribution >= 4 is 6.08 Å². The number of azide groups is 1. The third-order valence-electron chi connectivity index (χ3n) is 1.60. The predicted molar refractivity (Wildman–Crippen MR) is 55.3 cm³/mol. The first-order chi connectivity index (χ1) is 7.24. The zero-order valence-corrected chi connectivity index (χ0v) is 7.80. The molecule has 0 fully saturated rings. The van der Waals surface area contributed by atoms with E-state index in [9.17, 15) is 9.59 Å². The molecule has 7 nitrogen and oxygen atoms in total. The summed E-state index contributed by atoms with van der Waals surface area (Å²) in [6.45, 7) is 0.327. The summed E-state index contributed by atoms with van der Waals surface area (Å²) in [5.41, 5.74) is 7.54. The van der Waals surface area contributed by atoms with Gasteiger partial charge in [0, 0.05) is 23.1 Å². The molecule has 0 aliphatic heterocycles. The first kappa shape index (κ1) is 10.8. The predicted octanol–water partition coefficient (Wildman–Crippen LogP) is 0.777. The molecule has 15 heavy (non-hydrogen) atoms. The lowest BCUT2D eigenvalue weighted by atomic mass is 10.2. The van der Waals surface area contributed by atoms with Crippen LogP contribution in [0.1, 0.15) is 12.0 Å². The van der Waals surface area contributed by atoms with E-state index < -0.39 is 0 Å². The Morgan fingerprint density at radius 3 is 3.00 bits per heavy atom. The molecule has 0 aliphatic carbocycles. The highest BCUT2D eigenvalue weighted by molar-refractivity contribution is 5.46. The van der Waals surface area contributed by atoms with Gasteiger partial charge in [-0.25, -0.2) is 0 Å².